The number of hydrogen-bond donors (Lipinski definition) is 3. The number of hydrogen-bond acceptors (Lipinski definition) is 7. The molecule has 38 heavy (non-hydrogen) atoms. The van der Waals surface area contributed by atoms with Gasteiger partial charge in [-0.1, -0.05) is 76.9 Å². The van der Waals surface area contributed by atoms with Gasteiger partial charge in [0.15, 0.2) is 17.9 Å². The number of nitrogens with zero attached hydrogens (tertiary/aromatic N) is 2. The van der Waals surface area contributed by atoms with E-state index < -0.39 is 48.0 Å². The standard InChI is InChI=1S/C28H46FN3O6/c1-3-4-5-6-7-8-9-10-11-12-13-14-15-16-17-18-19-37-28(36)31-25-22(29)20-32(27(35)30-25)26-24(34)23(33)21(2)38-26/h10-11,20-21,23-24,26,33-34H,3-9,12-19H2,1-2H3,(H,30,31,35,36)/b11-10-/t21-,23-,24-,26-/m0/s1. The molecular weight excluding hydrogens is 493 g/mol. The molecule has 1 aromatic heterocycles. The van der Waals surface area contributed by atoms with E-state index in [1.165, 1.54) is 64.7 Å². The highest BCUT2D eigenvalue weighted by Crippen LogP contribution is 2.28. The Hall–Kier alpha value is -2.30. The fourth-order valence-electron chi connectivity index (χ4n) is 4.42. The van der Waals surface area contributed by atoms with E-state index in [0.717, 1.165) is 36.4 Å². The number of ether oxygens (including phenoxy) is 2. The SMILES string of the molecule is CCCCCCCC/C=C\CCCCCCCCOC(=O)Nc1nc(=O)n([C@H]2O[C@@H](C)[C@H](O)[C@@H]2O)cc1F. The normalized spacial score (nSPS) is 21.3. The predicted octanol–water partition coefficient (Wildman–Crippen LogP) is 5.61. The molecule has 0 aliphatic carbocycles. The van der Waals surface area contributed by atoms with Crippen molar-refractivity contribution in [3.8, 4) is 0 Å². The lowest BCUT2D eigenvalue weighted by molar-refractivity contribution is -0.0355. The van der Waals surface area contributed by atoms with E-state index in [9.17, 15) is 24.2 Å². The Morgan fingerprint density at radius 3 is 2.18 bits per heavy atom. The van der Waals surface area contributed by atoms with Gasteiger partial charge in [0.1, 0.15) is 12.2 Å². The summed E-state index contributed by atoms with van der Waals surface area (Å²) in [5.74, 6) is -1.57. The Kier molecular flexibility index (Phi) is 15.2. The zero-order chi connectivity index (χ0) is 27.8. The van der Waals surface area contributed by atoms with Gasteiger partial charge in [0.2, 0.25) is 0 Å². The van der Waals surface area contributed by atoms with Gasteiger partial charge in [0, 0.05) is 0 Å². The quantitative estimate of drug-likeness (QED) is 0.164. The summed E-state index contributed by atoms with van der Waals surface area (Å²) in [5, 5.41) is 21.9. The average Bonchev–Trinajstić information content (AvgIpc) is 3.14. The van der Waals surface area contributed by atoms with E-state index in [4.69, 9.17) is 9.47 Å². The van der Waals surface area contributed by atoms with Crippen LogP contribution in [0.5, 0.6) is 0 Å². The third-order valence-corrected chi connectivity index (χ3v) is 6.77. The van der Waals surface area contributed by atoms with E-state index in [0.29, 0.717) is 6.42 Å². The summed E-state index contributed by atoms with van der Waals surface area (Å²) < 4.78 is 25.5. The second kappa shape index (κ2) is 18.1. The zero-order valence-electron chi connectivity index (χ0n) is 22.9. The number of halogens is 1. The molecule has 0 spiro atoms. The molecule has 1 saturated heterocycles. The summed E-state index contributed by atoms with van der Waals surface area (Å²) in [7, 11) is 0. The summed E-state index contributed by atoms with van der Waals surface area (Å²) in [6.45, 7) is 3.95. The Bertz CT molecular complexity index is 909. The van der Waals surface area contributed by atoms with E-state index in [-0.39, 0.29) is 6.61 Å². The monoisotopic (exact) mass is 539 g/mol. The lowest BCUT2D eigenvalue weighted by Crippen LogP contribution is -2.36. The van der Waals surface area contributed by atoms with Crippen LogP contribution in [0, 0.1) is 5.82 Å². The van der Waals surface area contributed by atoms with Gasteiger partial charge in [-0.05, 0) is 39.0 Å². The first-order valence-electron chi connectivity index (χ1n) is 14.2. The van der Waals surface area contributed by atoms with Gasteiger partial charge in [-0.2, -0.15) is 4.98 Å². The number of aliphatic hydroxyl groups is 2. The number of aliphatic hydroxyl groups excluding tert-OH is 2. The number of carbonyl (C=O) groups is 1. The number of amides is 1. The average molecular weight is 540 g/mol. The van der Waals surface area contributed by atoms with Gasteiger partial charge in [0.25, 0.3) is 0 Å². The van der Waals surface area contributed by atoms with Crippen LogP contribution in [0.1, 0.15) is 110 Å². The number of rotatable bonds is 18. The molecule has 1 aromatic rings. The number of carbonyl (C=O) groups excluding carboxylic acids is 1. The maximum absolute atomic E-state index is 14.4. The molecule has 9 nitrogen and oxygen atoms in total. The van der Waals surface area contributed by atoms with Gasteiger partial charge in [-0.3, -0.25) is 9.88 Å². The maximum Gasteiger partial charge on any atom is 0.412 e. The van der Waals surface area contributed by atoms with Crippen molar-refractivity contribution in [2.45, 2.75) is 128 Å². The van der Waals surface area contributed by atoms with Crippen molar-refractivity contribution in [3.63, 3.8) is 0 Å². The molecule has 0 bridgehead atoms. The molecule has 0 saturated carbocycles. The van der Waals surface area contributed by atoms with Crippen LogP contribution in [0.2, 0.25) is 0 Å². The topological polar surface area (TPSA) is 123 Å². The van der Waals surface area contributed by atoms with Crippen LogP contribution >= 0.6 is 0 Å². The van der Waals surface area contributed by atoms with Crippen LogP contribution in [0.15, 0.2) is 23.1 Å². The van der Waals surface area contributed by atoms with Gasteiger partial charge in [-0.25, -0.2) is 14.0 Å². The molecule has 3 N–H and O–H groups in total. The molecule has 1 aliphatic rings. The van der Waals surface area contributed by atoms with E-state index in [2.05, 4.69) is 29.4 Å². The third-order valence-electron chi connectivity index (χ3n) is 6.77. The van der Waals surface area contributed by atoms with Crippen LogP contribution < -0.4 is 11.0 Å². The summed E-state index contributed by atoms with van der Waals surface area (Å²) in [6.07, 6.45) is 16.4. The molecule has 0 radical (unpaired) electrons. The van der Waals surface area contributed by atoms with E-state index >= 15 is 0 Å². The van der Waals surface area contributed by atoms with Crippen LogP contribution in [0.4, 0.5) is 15.0 Å². The van der Waals surface area contributed by atoms with E-state index in [1.54, 1.807) is 0 Å². The van der Waals surface area contributed by atoms with Crippen LogP contribution in [0.25, 0.3) is 0 Å². The summed E-state index contributed by atoms with van der Waals surface area (Å²) in [4.78, 5) is 27.7. The first-order chi connectivity index (χ1) is 18.3. The highest BCUT2D eigenvalue weighted by atomic mass is 19.1. The van der Waals surface area contributed by atoms with Gasteiger partial charge in [0.05, 0.1) is 18.9 Å². The van der Waals surface area contributed by atoms with Crippen molar-refractivity contribution in [2.24, 2.45) is 0 Å². The Morgan fingerprint density at radius 1 is 1.03 bits per heavy atom. The van der Waals surface area contributed by atoms with Crippen molar-refractivity contribution in [1.82, 2.24) is 9.55 Å². The lowest BCUT2D eigenvalue weighted by atomic mass is 10.1. The number of allylic oxidation sites excluding steroid dienone is 2. The van der Waals surface area contributed by atoms with Crippen molar-refractivity contribution in [1.29, 1.82) is 0 Å². The van der Waals surface area contributed by atoms with Crippen molar-refractivity contribution in [3.05, 3.63) is 34.7 Å². The molecule has 0 unspecified atom stereocenters. The highest BCUT2D eigenvalue weighted by molar-refractivity contribution is 5.83. The largest absolute Gasteiger partial charge is 0.449 e. The summed E-state index contributed by atoms with van der Waals surface area (Å²) >= 11 is 0. The number of nitrogens with one attached hydrogen (secondary N) is 1. The van der Waals surface area contributed by atoms with Crippen molar-refractivity contribution in [2.75, 3.05) is 11.9 Å². The molecular formula is C28H46FN3O6. The smallest absolute Gasteiger partial charge is 0.412 e. The predicted molar refractivity (Wildman–Crippen MR) is 144 cm³/mol. The molecule has 4 atom stereocenters. The highest BCUT2D eigenvalue weighted by Gasteiger charge is 2.42. The van der Waals surface area contributed by atoms with Crippen LogP contribution in [-0.4, -0.2) is 50.8 Å². The fourth-order valence-corrected chi connectivity index (χ4v) is 4.42. The summed E-state index contributed by atoms with van der Waals surface area (Å²) in [5.41, 5.74) is -0.944. The molecule has 1 aliphatic heterocycles. The second-order valence-corrected chi connectivity index (χ2v) is 10.0. The first-order valence-corrected chi connectivity index (χ1v) is 14.2. The minimum atomic E-state index is -1.41. The molecule has 2 heterocycles. The van der Waals surface area contributed by atoms with Gasteiger partial charge >= 0.3 is 11.8 Å². The van der Waals surface area contributed by atoms with Crippen molar-refractivity contribution < 1.29 is 28.9 Å². The minimum absolute atomic E-state index is 0.184. The Labute approximate surface area is 225 Å². The molecule has 0 aromatic carbocycles. The summed E-state index contributed by atoms with van der Waals surface area (Å²) in [6, 6.07) is 0. The Morgan fingerprint density at radius 2 is 1.61 bits per heavy atom. The first kappa shape index (κ1) is 31.9. The zero-order valence-corrected chi connectivity index (χ0v) is 22.9. The lowest BCUT2D eigenvalue weighted by Gasteiger charge is -2.17. The van der Waals surface area contributed by atoms with Crippen LogP contribution in [-0.2, 0) is 9.47 Å². The van der Waals surface area contributed by atoms with Crippen molar-refractivity contribution >= 4 is 11.9 Å². The molecule has 2 rings (SSSR count). The van der Waals surface area contributed by atoms with Crippen LogP contribution in [0.3, 0.4) is 0 Å². The number of unbranched alkanes of at least 4 members (excludes halogenated alkanes) is 12. The Balaban J connectivity index is 1.52. The minimum Gasteiger partial charge on any atom is -0.449 e. The third kappa shape index (κ3) is 11.2. The van der Waals surface area contributed by atoms with Gasteiger partial charge in [-0.15, -0.1) is 0 Å². The van der Waals surface area contributed by atoms with Gasteiger partial charge < -0.3 is 19.7 Å². The number of aromatic nitrogens is 2. The number of anilines is 1. The van der Waals surface area contributed by atoms with E-state index in [1.807, 2.05) is 0 Å². The second-order valence-electron chi connectivity index (χ2n) is 10.0. The molecule has 1 amide bonds. The molecule has 10 heteroatoms. The maximum atomic E-state index is 14.4. The molecule has 1 fully saturated rings. The fraction of sp³-hybridized carbons (Fsp3) is 0.750. The molecule has 216 valence electrons.